The lowest BCUT2D eigenvalue weighted by atomic mass is 9.93. The Balaban J connectivity index is 1.58. The lowest BCUT2D eigenvalue weighted by molar-refractivity contribution is 0.451. The highest BCUT2D eigenvalue weighted by atomic mass is 32.1. The Kier molecular flexibility index (Phi) is 4.29. The number of pyridine rings is 1. The molecule has 28 heavy (non-hydrogen) atoms. The summed E-state index contributed by atoms with van der Waals surface area (Å²) < 4.78 is 16.0. The molecule has 4 aromatic rings. The van der Waals surface area contributed by atoms with E-state index in [0.717, 1.165) is 63.8 Å². The predicted octanol–water partition coefficient (Wildman–Crippen LogP) is 4.52. The number of hydrogen-bond donors (Lipinski definition) is 1. The van der Waals surface area contributed by atoms with Crippen LogP contribution in [0.1, 0.15) is 35.8 Å². The first-order chi connectivity index (χ1) is 13.6. The average molecular weight is 393 g/mol. The van der Waals surface area contributed by atoms with Crippen LogP contribution in [0.2, 0.25) is 0 Å². The summed E-state index contributed by atoms with van der Waals surface area (Å²) in [6.45, 7) is 5.87. The fourth-order valence-corrected chi connectivity index (χ4v) is 4.89. The van der Waals surface area contributed by atoms with Crippen LogP contribution in [-0.2, 0) is 0 Å². The van der Waals surface area contributed by atoms with Gasteiger partial charge in [-0.2, -0.15) is 10.2 Å². The second-order valence-corrected chi connectivity index (χ2v) is 8.40. The zero-order chi connectivity index (χ0) is 19.3. The minimum atomic E-state index is -0.275. The van der Waals surface area contributed by atoms with Crippen LogP contribution in [0, 0.1) is 19.7 Å². The number of piperidine rings is 1. The van der Waals surface area contributed by atoms with Crippen LogP contribution in [0.25, 0.3) is 31.7 Å². The zero-order valence-corrected chi connectivity index (χ0v) is 16.6. The van der Waals surface area contributed by atoms with E-state index in [1.54, 1.807) is 6.07 Å². The summed E-state index contributed by atoms with van der Waals surface area (Å²) in [5.41, 5.74) is 4.97. The molecule has 0 amide bonds. The number of nitrogens with zero attached hydrogens (tertiary/aromatic N) is 4. The summed E-state index contributed by atoms with van der Waals surface area (Å²) in [5, 5.41) is 13.4. The molecule has 1 fully saturated rings. The molecule has 3 aromatic heterocycles. The molecule has 0 unspecified atom stereocenters. The Hall–Kier alpha value is -2.51. The Morgan fingerprint density at radius 3 is 2.64 bits per heavy atom. The largest absolute Gasteiger partial charge is 0.317 e. The molecular weight excluding hydrogens is 373 g/mol. The van der Waals surface area contributed by atoms with Gasteiger partial charge >= 0.3 is 0 Å². The van der Waals surface area contributed by atoms with E-state index >= 15 is 0 Å². The van der Waals surface area contributed by atoms with Gasteiger partial charge in [0.15, 0.2) is 0 Å². The van der Waals surface area contributed by atoms with E-state index in [2.05, 4.69) is 20.5 Å². The van der Waals surface area contributed by atoms with Crippen LogP contribution in [0.3, 0.4) is 0 Å². The number of fused-ring (bicyclic) bond motifs is 2. The molecule has 1 aliphatic heterocycles. The maximum Gasteiger partial charge on any atom is 0.133 e. The Morgan fingerprint density at radius 2 is 1.82 bits per heavy atom. The summed E-state index contributed by atoms with van der Waals surface area (Å²) >= 11 is 1.53. The molecule has 0 atom stereocenters. The van der Waals surface area contributed by atoms with Gasteiger partial charge in [0.05, 0.1) is 27.1 Å². The van der Waals surface area contributed by atoms with Crippen LogP contribution >= 0.6 is 11.3 Å². The maximum absolute atomic E-state index is 15.0. The van der Waals surface area contributed by atoms with E-state index in [-0.39, 0.29) is 5.82 Å². The highest BCUT2D eigenvalue weighted by molar-refractivity contribution is 7.21. The fraction of sp³-hybridized carbons (Fsp3) is 0.333. The number of thiazole rings is 1. The number of halogens is 1. The first-order valence-electron chi connectivity index (χ1n) is 9.51. The maximum atomic E-state index is 15.0. The van der Waals surface area contributed by atoms with E-state index < -0.39 is 0 Å². The van der Waals surface area contributed by atoms with Gasteiger partial charge in [0.1, 0.15) is 10.8 Å². The molecule has 0 saturated carbocycles. The van der Waals surface area contributed by atoms with Crippen molar-refractivity contribution in [2.45, 2.75) is 32.6 Å². The van der Waals surface area contributed by atoms with Crippen molar-refractivity contribution in [2.24, 2.45) is 0 Å². The quantitative estimate of drug-likeness (QED) is 0.542. The lowest BCUT2D eigenvalue weighted by Crippen LogP contribution is -2.27. The van der Waals surface area contributed by atoms with E-state index in [1.807, 2.05) is 32.0 Å². The van der Waals surface area contributed by atoms with E-state index in [9.17, 15) is 4.39 Å². The van der Waals surface area contributed by atoms with E-state index in [1.165, 1.54) is 11.3 Å². The van der Waals surface area contributed by atoms with Gasteiger partial charge < -0.3 is 5.32 Å². The third-order valence-corrected chi connectivity index (χ3v) is 6.58. The number of benzene rings is 1. The predicted molar refractivity (Wildman–Crippen MR) is 110 cm³/mol. The van der Waals surface area contributed by atoms with E-state index in [0.29, 0.717) is 16.8 Å². The molecule has 0 spiro atoms. The molecule has 0 radical (unpaired) electrons. The standard InChI is InChI=1S/C21H20FN5S/c1-11-7-19-20(12(2)24-11)28-21(25-19)14-8-16(22)15-10-17(26-27-18(15)9-14)13-3-5-23-6-4-13/h7-10,13,23H,3-6H2,1-2H3. The van der Waals surface area contributed by atoms with Crippen LogP contribution in [0.5, 0.6) is 0 Å². The molecule has 4 heterocycles. The average Bonchev–Trinajstić information content (AvgIpc) is 3.13. The van der Waals surface area contributed by atoms with Crippen LogP contribution in [0.15, 0.2) is 24.3 Å². The molecule has 1 N–H and O–H groups in total. The number of hydrogen-bond acceptors (Lipinski definition) is 6. The van der Waals surface area contributed by atoms with Crippen molar-refractivity contribution < 1.29 is 4.39 Å². The molecular formula is C21H20FN5S. The molecule has 7 heteroatoms. The van der Waals surface area contributed by atoms with Crippen molar-refractivity contribution in [3.8, 4) is 10.6 Å². The Bertz CT molecular complexity index is 1200. The molecule has 1 saturated heterocycles. The van der Waals surface area contributed by atoms with Gasteiger partial charge in [-0.15, -0.1) is 11.3 Å². The molecule has 0 bridgehead atoms. The number of rotatable bonds is 2. The van der Waals surface area contributed by atoms with Gasteiger partial charge in [-0.1, -0.05) is 0 Å². The highest BCUT2D eigenvalue weighted by Crippen LogP contribution is 2.34. The van der Waals surface area contributed by atoms with Gasteiger partial charge in [0.2, 0.25) is 0 Å². The summed E-state index contributed by atoms with van der Waals surface area (Å²) in [4.78, 5) is 9.20. The van der Waals surface area contributed by atoms with Crippen molar-refractivity contribution in [3.63, 3.8) is 0 Å². The topological polar surface area (TPSA) is 63.6 Å². The number of aromatic nitrogens is 4. The van der Waals surface area contributed by atoms with E-state index in [4.69, 9.17) is 4.98 Å². The Morgan fingerprint density at radius 1 is 1.00 bits per heavy atom. The molecule has 5 nitrogen and oxygen atoms in total. The van der Waals surface area contributed by atoms with Crippen molar-refractivity contribution in [1.29, 1.82) is 0 Å². The van der Waals surface area contributed by atoms with Crippen LogP contribution in [-0.4, -0.2) is 33.3 Å². The highest BCUT2D eigenvalue weighted by Gasteiger charge is 2.19. The van der Waals surface area contributed by atoms with Crippen LogP contribution in [0.4, 0.5) is 4.39 Å². The smallest absolute Gasteiger partial charge is 0.133 e. The fourth-order valence-electron chi connectivity index (χ4n) is 3.92. The van der Waals surface area contributed by atoms with Crippen molar-refractivity contribution in [2.75, 3.05) is 13.1 Å². The lowest BCUT2D eigenvalue weighted by Gasteiger charge is -2.21. The minimum Gasteiger partial charge on any atom is -0.317 e. The Labute approximate surface area is 166 Å². The molecule has 0 aliphatic carbocycles. The van der Waals surface area contributed by atoms with Crippen LogP contribution < -0.4 is 5.32 Å². The van der Waals surface area contributed by atoms with Gasteiger partial charge in [-0.05, 0) is 64.0 Å². The summed E-state index contributed by atoms with van der Waals surface area (Å²) in [6.07, 6.45) is 2.02. The van der Waals surface area contributed by atoms with Gasteiger partial charge in [-0.25, -0.2) is 9.37 Å². The normalized spacial score (nSPS) is 15.5. The second kappa shape index (κ2) is 6.83. The number of nitrogens with one attached hydrogen (secondary N) is 1. The molecule has 142 valence electrons. The third-order valence-electron chi connectivity index (χ3n) is 5.35. The summed E-state index contributed by atoms with van der Waals surface area (Å²) in [5.74, 6) is 0.0723. The summed E-state index contributed by atoms with van der Waals surface area (Å²) in [6, 6.07) is 7.27. The van der Waals surface area contributed by atoms with Gasteiger partial charge in [0.25, 0.3) is 0 Å². The first kappa shape index (κ1) is 17.6. The zero-order valence-electron chi connectivity index (χ0n) is 15.8. The summed E-state index contributed by atoms with van der Waals surface area (Å²) in [7, 11) is 0. The van der Waals surface area contributed by atoms with Crippen molar-refractivity contribution >= 4 is 32.5 Å². The molecule has 5 rings (SSSR count). The molecule has 1 aliphatic rings. The van der Waals surface area contributed by atoms with Crippen molar-refractivity contribution in [1.82, 2.24) is 25.5 Å². The first-order valence-corrected chi connectivity index (χ1v) is 10.3. The monoisotopic (exact) mass is 393 g/mol. The number of aryl methyl sites for hydroxylation is 2. The minimum absolute atomic E-state index is 0.275. The third kappa shape index (κ3) is 3.04. The molecule has 1 aromatic carbocycles. The second-order valence-electron chi connectivity index (χ2n) is 7.40. The van der Waals surface area contributed by atoms with Gasteiger partial charge in [0, 0.05) is 22.6 Å². The SMILES string of the molecule is Cc1cc2nc(-c3cc(F)c4cc(C5CCNCC5)nnc4c3)sc2c(C)n1. The van der Waals surface area contributed by atoms with Gasteiger partial charge in [-0.3, -0.25) is 4.98 Å². The van der Waals surface area contributed by atoms with Crippen molar-refractivity contribution in [3.05, 3.63) is 47.2 Å².